The number of carbonyl (C=O) groups is 1. The minimum atomic E-state index is -0.873. The van der Waals surface area contributed by atoms with Gasteiger partial charge in [0.05, 0.1) is 9.85 Å². The fraction of sp³-hybridized carbons (Fsp3) is 0.0476. The van der Waals surface area contributed by atoms with Gasteiger partial charge in [0.15, 0.2) is 0 Å². The number of aryl methyl sites for hydroxylation is 1. The Balaban J connectivity index is 1.86. The van der Waals surface area contributed by atoms with Gasteiger partial charge in [0, 0.05) is 34.9 Å². The number of nitrogens with one attached hydrogen (secondary N) is 1. The fourth-order valence-electron chi connectivity index (χ4n) is 2.86. The molecule has 3 aromatic rings. The molecular formula is C21H13ClN4O6. The molecular weight excluding hydrogens is 440 g/mol. The van der Waals surface area contributed by atoms with E-state index in [9.17, 15) is 30.3 Å². The van der Waals surface area contributed by atoms with Crippen molar-refractivity contribution in [2.24, 2.45) is 0 Å². The summed E-state index contributed by atoms with van der Waals surface area (Å²) in [4.78, 5) is 33.3. The smallest absolute Gasteiger partial charge is 0.294 e. The predicted octanol–water partition coefficient (Wildman–Crippen LogP) is 5.27. The summed E-state index contributed by atoms with van der Waals surface area (Å²) in [5.74, 6) is -0.313. The van der Waals surface area contributed by atoms with E-state index < -0.39 is 21.4 Å². The van der Waals surface area contributed by atoms with Crippen LogP contribution in [0, 0.1) is 38.5 Å². The quantitative estimate of drug-likeness (QED) is 0.231. The van der Waals surface area contributed by atoms with Gasteiger partial charge in [0.25, 0.3) is 17.3 Å². The molecule has 160 valence electrons. The van der Waals surface area contributed by atoms with Crippen LogP contribution in [0.2, 0.25) is 5.02 Å². The molecule has 1 amide bonds. The highest BCUT2D eigenvalue weighted by Gasteiger charge is 2.19. The summed E-state index contributed by atoms with van der Waals surface area (Å²) >= 11 is 5.76. The number of halogens is 1. The first kappa shape index (κ1) is 22.2. The van der Waals surface area contributed by atoms with Gasteiger partial charge in [-0.2, -0.15) is 5.26 Å². The van der Waals surface area contributed by atoms with E-state index in [-0.39, 0.29) is 27.7 Å². The lowest BCUT2D eigenvalue weighted by Gasteiger charge is -2.05. The van der Waals surface area contributed by atoms with Gasteiger partial charge >= 0.3 is 0 Å². The summed E-state index contributed by atoms with van der Waals surface area (Å²) in [5.41, 5.74) is 0.268. The predicted molar refractivity (Wildman–Crippen MR) is 116 cm³/mol. The number of anilines is 1. The van der Waals surface area contributed by atoms with Crippen LogP contribution in [0.5, 0.6) is 0 Å². The minimum absolute atomic E-state index is 0.0577. The molecule has 0 radical (unpaired) electrons. The zero-order valence-corrected chi connectivity index (χ0v) is 17.1. The number of nitriles is 1. The number of non-ortho nitro benzene ring substituents is 1. The lowest BCUT2D eigenvalue weighted by atomic mass is 10.1. The second-order valence-electron chi connectivity index (χ2n) is 6.50. The Hall–Kier alpha value is -4.49. The third-order valence-corrected chi connectivity index (χ3v) is 4.60. The third kappa shape index (κ3) is 4.80. The molecule has 0 aliphatic heterocycles. The number of benzene rings is 2. The summed E-state index contributed by atoms with van der Waals surface area (Å²) in [5, 5.41) is 33.9. The van der Waals surface area contributed by atoms with Crippen LogP contribution in [0.4, 0.5) is 17.1 Å². The number of nitro groups is 2. The van der Waals surface area contributed by atoms with Gasteiger partial charge in [0.1, 0.15) is 28.9 Å². The second kappa shape index (κ2) is 9.11. The van der Waals surface area contributed by atoms with Crippen LogP contribution in [0.3, 0.4) is 0 Å². The summed E-state index contributed by atoms with van der Waals surface area (Å²) in [6.07, 6.45) is 1.18. The van der Waals surface area contributed by atoms with E-state index in [2.05, 4.69) is 5.32 Å². The highest BCUT2D eigenvalue weighted by molar-refractivity contribution is 6.31. The van der Waals surface area contributed by atoms with Gasteiger partial charge in [-0.15, -0.1) is 0 Å². The number of carbonyl (C=O) groups excluding carboxylic acids is 1. The Labute approximate surface area is 185 Å². The van der Waals surface area contributed by atoms with Crippen LogP contribution < -0.4 is 5.32 Å². The molecule has 0 atom stereocenters. The van der Waals surface area contributed by atoms with Crippen molar-refractivity contribution in [1.82, 2.24) is 0 Å². The van der Waals surface area contributed by atoms with Gasteiger partial charge in [-0.05, 0) is 42.8 Å². The Morgan fingerprint density at radius 1 is 1.12 bits per heavy atom. The molecule has 1 aromatic heterocycles. The molecule has 0 fully saturated rings. The van der Waals surface area contributed by atoms with E-state index in [1.54, 1.807) is 19.1 Å². The molecule has 0 spiro atoms. The minimum Gasteiger partial charge on any atom is -0.457 e. The van der Waals surface area contributed by atoms with Crippen molar-refractivity contribution in [3.63, 3.8) is 0 Å². The highest BCUT2D eigenvalue weighted by Crippen LogP contribution is 2.30. The maximum atomic E-state index is 12.5. The number of nitro benzene ring substituents is 2. The molecule has 3 rings (SSSR count). The third-order valence-electron chi connectivity index (χ3n) is 4.37. The van der Waals surface area contributed by atoms with E-state index in [1.807, 2.05) is 0 Å². The molecule has 2 aromatic carbocycles. The molecule has 0 saturated heterocycles. The zero-order chi connectivity index (χ0) is 23.4. The van der Waals surface area contributed by atoms with E-state index in [0.717, 1.165) is 6.07 Å². The standard InChI is InChI=1S/C21H13ClN4O6/c1-12-8-15(25(28)29)3-5-17(12)20-7-4-16(32-20)9-13(11-23)21(27)24-18-6-2-14(22)10-19(18)26(30)31/h2-10H,1H3,(H,24,27). The Morgan fingerprint density at radius 3 is 2.50 bits per heavy atom. The Bertz CT molecular complexity index is 1320. The normalized spacial score (nSPS) is 11.0. The number of furan rings is 1. The first-order valence-corrected chi connectivity index (χ1v) is 9.29. The van der Waals surface area contributed by atoms with Gasteiger partial charge in [-0.1, -0.05) is 11.6 Å². The average Bonchev–Trinajstić information content (AvgIpc) is 3.21. The van der Waals surface area contributed by atoms with Gasteiger partial charge in [0.2, 0.25) is 0 Å². The van der Waals surface area contributed by atoms with Crippen LogP contribution >= 0.6 is 11.6 Å². The second-order valence-corrected chi connectivity index (χ2v) is 6.94. The van der Waals surface area contributed by atoms with Crippen LogP contribution in [-0.2, 0) is 4.79 Å². The molecule has 32 heavy (non-hydrogen) atoms. The van der Waals surface area contributed by atoms with Crippen molar-refractivity contribution in [2.75, 3.05) is 5.32 Å². The molecule has 0 aliphatic carbocycles. The first-order valence-electron chi connectivity index (χ1n) is 8.92. The topological polar surface area (TPSA) is 152 Å². The number of nitrogens with zero attached hydrogens (tertiary/aromatic N) is 3. The van der Waals surface area contributed by atoms with Crippen LogP contribution in [0.25, 0.3) is 17.4 Å². The van der Waals surface area contributed by atoms with Gasteiger partial charge < -0.3 is 9.73 Å². The SMILES string of the molecule is Cc1cc([N+](=O)[O-])ccc1-c1ccc(C=C(C#N)C(=O)Nc2ccc(Cl)cc2[N+](=O)[O-])o1. The molecule has 1 N–H and O–H groups in total. The van der Waals surface area contributed by atoms with Gasteiger partial charge in [-0.3, -0.25) is 25.0 Å². The molecule has 1 heterocycles. The number of hydrogen-bond donors (Lipinski definition) is 1. The van der Waals surface area contributed by atoms with E-state index in [1.165, 1.54) is 42.5 Å². The summed E-state index contributed by atoms with van der Waals surface area (Å²) < 4.78 is 5.66. The van der Waals surface area contributed by atoms with Crippen molar-refractivity contribution >= 4 is 40.6 Å². The number of hydrogen-bond acceptors (Lipinski definition) is 7. The van der Waals surface area contributed by atoms with Crippen molar-refractivity contribution in [1.29, 1.82) is 5.26 Å². The van der Waals surface area contributed by atoms with Crippen molar-refractivity contribution in [2.45, 2.75) is 6.92 Å². The van der Waals surface area contributed by atoms with Gasteiger partial charge in [-0.25, -0.2) is 0 Å². The Kier molecular flexibility index (Phi) is 6.32. The zero-order valence-electron chi connectivity index (χ0n) is 16.4. The van der Waals surface area contributed by atoms with E-state index in [4.69, 9.17) is 16.0 Å². The molecule has 11 heteroatoms. The largest absolute Gasteiger partial charge is 0.457 e. The first-order chi connectivity index (χ1) is 15.2. The maximum absolute atomic E-state index is 12.5. The summed E-state index contributed by atoms with van der Waals surface area (Å²) in [6, 6.07) is 12.8. The highest BCUT2D eigenvalue weighted by atomic mass is 35.5. The van der Waals surface area contributed by atoms with Crippen LogP contribution in [0.15, 0.2) is 58.5 Å². The maximum Gasteiger partial charge on any atom is 0.294 e. The molecule has 0 saturated carbocycles. The fourth-order valence-corrected chi connectivity index (χ4v) is 3.02. The Morgan fingerprint density at radius 2 is 1.88 bits per heavy atom. The lowest BCUT2D eigenvalue weighted by molar-refractivity contribution is -0.384. The average molecular weight is 453 g/mol. The summed E-state index contributed by atoms with van der Waals surface area (Å²) in [7, 11) is 0. The molecule has 0 bridgehead atoms. The monoisotopic (exact) mass is 452 g/mol. The van der Waals surface area contributed by atoms with Crippen molar-refractivity contribution in [3.05, 3.63) is 90.7 Å². The molecule has 0 aliphatic rings. The summed E-state index contributed by atoms with van der Waals surface area (Å²) in [6.45, 7) is 1.69. The van der Waals surface area contributed by atoms with Crippen LogP contribution in [-0.4, -0.2) is 15.8 Å². The van der Waals surface area contributed by atoms with Crippen molar-refractivity contribution in [3.8, 4) is 17.4 Å². The van der Waals surface area contributed by atoms with E-state index in [0.29, 0.717) is 16.9 Å². The number of rotatable bonds is 6. The van der Waals surface area contributed by atoms with E-state index >= 15 is 0 Å². The molecule has 10 nitrogen and oxygen atoms in total. The molecule has 0 unspecified atom stereocenters. The van der Waals surface area contributed by atoms with Crippen molar-refractivity contribution < 1.29 is 19.1 Å². The lowest BCUT2D eigenvalue weighted by Crippen LogP contribution is -2.14. The number of amides is 1. The van der Waals surface area contributed by atoms with Crippen LogP contribution in [0.1, 0.15) is 11.3 Å².